The first-order chi connectivity index (χ1) is 20.6. The smallest absolute Gasteiger partial charge is 0.305 e. The third kappa shape index (κ3) is 11.2. The van der Waals surface area contributed by atoms with Crippen LogP contribution in [-0.4, -0.2) is 73.6 Å². The van der Waals surface area contributed by atoms with Crippen LogP contribution in [0.25, 0.3) is 22.5 Å². The number of nitrogens with zero attached hydrogens (tertiary/aromatic N) is 2. The van der Waals surface area contributed by atoms with Gasteiger partial charge in [0.05, 0.1) is 7.11 Å². The summed E-state index contributed by atoms with van der Waals surface area (Å²) in [7, 11) is -9.09. The van der Waals surface area contributed by atoms with Crippen LogP contribution in [0.3, 0.4) is 0 Å². The van der Waals surface area contributed by atoms with Gasteiger partial charge in [0.25, 0.3) is 0 Å². The van der Waals surface area contributed by atoms with Crippen molar-refractivity contribution in [2.75, 3.05) is 38.4 Å². The van der Waals surface area contributed by atoms with E-state index in [4.69, 9.17) is 4.33 Å². The summed E-state index contributed by atoms with van der Waals surface area (Å²) in [5.74, 6) is 0. The molecular formula is C28H28N2O8PtS6. The predicted molar refractivity (Wildman–Crippen MR) is 174 cm³/mol. The summed E-state index contributed by atoms with van der Waals surface area (Å²) in [6.07, 6.45) is 10.3. The molecule has 0 spiro atoms. The first-order valence-corrected chi connectivity index (χ1v) is 21.0. The maximum Gasteiger partial charge on any atom is 2.00 e. The number of benzene rings is 2. The van der Waals surface area contributed by atoms with E-state index in [9.17, 15) is 25.3 Å². The van der Waals surface area contributed by atoms with Gasteiger partial charge >= 0.3 is 21.1 Å². The third-order valence-corrected chi connectivity index (χ3v) is 11.1. The molecule has 0 aliphatic carbocycles. The average Bonchev–Trinajstić information content (AvgIpc) is 2.98. The van der Waals surface area contributed by atoms with E-state index in [2.05, 4.69) is 27.0 Å². The van der Waals surface area contributed by atoms with E-state index in [-0.39, 0.29) is 41.3 Å². The molecule has 0 saturated carbocycles. The SMILES string of the molecule is COOSc1cc(S(C)(=O)=O)c[c-]c1-c1cc(SC)ccn1.CSc1ccnc(-c2[c-]cc(S(C)(=O)=O)cc2S(C)(=O)=O)c1.[Pt+2]. The molecule has 2 heterocycles. The van der Waals surface area contributed by atoms with Crippen molar-refractivity contribution in [3.63, 3.8) is 0 Å². The van der Waals surface area contributed by atoms with Gasteiger partial charge in [-0.05, 0) is 55.6 Å². The first-order valence-electron chi connectivity index (χ1n) is 12.2. The van der Waals surface area contributed by atoms with Gasteiger partial charge in [-0.3, -0.25) is 0 Å². The number of thioether (sulfide) groups is 2. The molecule has 2 aromatic carbocycles. The summed E-state index contributed by atoms with van der Waals surface area (Å²) >= 11 is 4.02. The van der Waals surface area contributed by atoms with Crippen molar-refractivity contribution in [2.45, 2.75) is 29.4 Å². The van der Waals surface area contributed by atoms with Gasteiger partial charge in [0, 0.05) is 53.0 Å². The summed E-state index contributed by atoms with van der Waals surface area (Å²) in [4.78, 5) is 15.6. The van der Waals surface area contributed by atoms with Crippen molar-refractivity contribution < 1.29 is 55.5 Å². The fourth-order valence-electron chi connectivity index (χ4n) is 3.52. The maximum atomic E-state index is 12.0. The van der Waals surface area contributed by atoms with Gasteiger partial charge in [0.2, 0.25) is 0 Å². The molecule has 0 bridgehead atoms. The maximum absolute atomic E-state index is 12.0. The van der Waals surface area contributed by atoms with Crippen molar-refractivity contribution in [1.29, 1.82) is 0 Å². The molecule has 0 N–H and O–H groups in total. The molecule has 0 saturated heterocycles. The van der Waals surface area contributed by atoms with Crippen LogP contribution in [0.2, 0.25) is 0 Å². The molecule has 0 radical (unpaired) electrons. The molecule has 0 atom stereocenters. The predicted octanol–water partition coefficient (Wildman–Crippen LogP) is 5.33. The fourth-order valence-corrected chi connectivity index (χ4v) is 7.17. The standard InChI is InChI=1S/2C14H14NO4S3.Pt/c1-20-10-6-7-15-13(8-10)12-5-4-11(21(2,16)17)9-14(12)22(3,18)19;1-18-19-21-14-9-11(22(3,16)17)4-5-12(14)13-8-10(20-2)6-7-15-13;/h2*4,6-9H,1-3H3;/q2*-1;+2. The van der Waals surface area contributed by atoms with Crippen molar-refractivity contribution in [1.82, 2.24) is 9.97 Å². The van der Waals surface area contributed by atoms with Crippen molar-refractivity contribution in [2.24, 2.45) is 0 Å². The number of hydrogen-bond donors (Lipinski definition) is 0. The number of sulfone groups is 3. The largest absolute Gasteiger partial charge is 2.00 e. The zero-order valence-corrected chi connectivity index (χ0v) is 31.9. The van der Waals surface area contributed by atoms with E-state index in [1.807, 2.05) is 24.6 Å². The summed E-state index contributed by atoms with van der Waals surface area (Å²) in [6, 6.07) is 18.5. The molecule has 0 fully saturated rings. The van der Waals surface area contributed by atoms with E-state index < -0.39 is 29.5 Å². The van der Waals surface area contributed by atoms with E-state index >= 15 is 0 Å². The minimum atomic E-state index is -3.63. The van der Waals surface area contributed by atoms with Gasteiger partial charge in [-0.2, -0.15) is 4.33 Å². The second kappa shape index (κ2) is 16.9. The molecule has 244 valence electrons. The second-order valence-corrected chi connectivity index (χ2v) is 17.5. The van der Waals surface area contributed by atoms with Gasteiger partial charge < -0.3 is 9.97 Å². The Morgan fingerprint density at radius 3 is 1.60 bits per heavy atom. The van der Waals surface area contributed by atoms with Crippen LogP contribution in [0.4, 0.5) is 0 Å². The Balaban J connectivity index is 0.000000307. The van der Waals surface area contributed by atoms with Crippen LogP contribution in [0.5, 0.6) is 0 Å². The normalized spacial score (nSPS) is 11.7. The molecule has 4 rings (SSSR count). The van der Waals surface area contributed by atoms with Crippen LogP contribution in [-0.2, 0) is 59.8 Å². The van der Waals surface area contributed by atoms with Gasteiger partial charge in [-0.15, -0.1) is 71.0 Å². The summed E-state index contributed by atoms with van der Waals surface area (Å²) in [6.45, 7) is 0. The third-order valence-electron chi connectivity index (χ3n) is 5.65. The van der Waals surface area contributed by atoms with Crippen molar-refractivity contribution in [3.05, 3.63) is 73.1 Å². The van der Waals surface area contributed by atoms with Gasteiger partial charge in [-0.1, -0.05) is 12.1 Å². The fraction of sp³-hybridized carbons (Fsp3) is 0.214. The monoisotopic (exact) mass is 907 g/mol. The number of aromatic nitrogens is 2. The first kappa shape index (κ1) is 39.4. The van der Waals surface area contributed by atoms with E-state index in [1.54, 1.807) is 36.3 Å². The molecule has 0 amide bonds. The molecule has 2 aromatic heterocycles. The Morgan fingerprint density at radius 2 is 1.16 bits per heavy atom. The van der Waals surface area contributed by atoms with Crippen molar-refractivity contribution >= 4 is 65.1 Å². The van der Waals surface area contributed by atoms with E-state index in [0.717, 1.165) is 46.7 Å². The van der Waals surface area contributed by atoms with Crippen molar-refractivity contribution in [3.8, 4) is 22.5 Å². The van der Waals surface area contributed by atoms with E-state index in [0.29, 0.717) is 21.8 Å². The number of rotatable bonds is 10. The molecule has 0 aliphatic rings. The van der Waals surface area contributed by atoms with E-state index in [1.165, 1.54) is 37.1 Å². The number of pyridine rings is 2. The number of hydrogen-bond acceptors (Lipinski definition) is 13. The summed E-state index contributed by atoms with van der Waals surface area (Å²) < 4.78 is 75.5. The van der Waals surface area contributed by atoms with Crippen LogP contribution in [0.15, 0.2) is 90.3 Å². The molecule has 17 heteroatoms. The minimum absolute atomic E-state index is 0. The molecular weight excluding hydrogens is 880 g/mol. The summed E-state index contributed by atoms with van der Waals surface area (Å²) in [5.41, 5.74) is 2.05. The Kier molecular flexibility index (Phi) is 14.8. The van der Waals surface area contributed by atoms with Crippen LogP contribution >= 0.6 is 35.6 Å². The van der Waals surface area contributed by atoms with Crippen LogP contribution in [0.1, 0.15) is 0 Å². The Labute approximate surface area is 291 Å². The second-order valence-electron chi connectivity index (χ2n) is 8.95. The topological polar surface area (TPSA) is 147 Å². The molecule has 10 nitrogen and oxygen atoms in total. The minimum Gasteiger partial charge on any atom is -0.305 e. The zero-order valence-electron chi connectivity index (χ0n) is 24.7. The van der Waals surface area contributed by atoms with Crippen LogP contribution in [0, 0.1) is 12.1 Å². The zero-order chi connectivity index (χ0) is 32.7. The Bertz CT molecular complexity index is 1970. The molecule has 45 heavy (non-hydrogen) atoms. The van der Waals surface area contributed by atoms with Gasteiger partial charge in [0.1, 0.15) is 29.5 Å². The average molecular weight is 908 g/mol. The Morgan fingerprint density at radius 1 is 0.689 bits per heavy atom. The summed E-state index contributed by atoms with van der Waals surface area (Å²) in [5, 5.41) is 0. The quantitative estimate of drug-likeness (QED) is 0.0665. The van der Waals surface area contributed by atoms with Gasteiger partial charge in [0.15, 0.2) is 0 Å². The van der Waals surface area contributed by atoms with Gasteiger partial charge in [-0.25, -0.2) is 30.1 Å². The molecule has 4 aromatic rings. The Hall–Kier alpha value is -1.75. The van der Waals surface area contributed by atoms with Crippen LogP contribution < -0.4 is 0 Å². The molecule has 0 aliphatic heterocycles. The molecule has 0 unspecified atom stereocenters.